The van der Waals surface area contributed by atoms with E-state index in [2.05, 4.69) is 31.5 Å². The Morgan fingerprint density at radius 3 is 1.95 bits per heavy atom. The number of rotatable bonds is 20. The number of amides is 7. The second kappa shape index (κ2) is 20.7. The molecule has 3 aromatic carbocycles. The Morgan fingerprint density at radius 2 is 1.31 bits per heavy atom. The largest absolute Gasteiger partial charge is 0.481 e. The molecule has 62 heavy (non-hydrogen) atoms. The first-order chi connectivity index (χ1) is 29.5. The smallest absolute Gasteiger partial charge is 0.325 e. The lowest BCUT2D eigenvalue weighted by molar-refractivity contribution is -0.142. The van der Waals surface area contributed by atoms with Crippen molar-refractivity contribution in [1.82, 2.24) is 31.5 Å². The number of anilines is 1. The molecule has 8 N–H and O–H groups in total. The number of aliphatic carboxylic acids is 3. The number of carboxylic acids is 3. The zero-order chi connectivity index (χ0) is 45.1. The second-order valence-electron chi connectivity index (χ2n) is 14.9. The molecule has 328 valence electrons. The van der Waals surface area contributed by atoms with Crippen LogP contribution in [0.3, 0.4) is 0 Å². The lowest BCUT2D eigenvalue weighted by atomic mass is 9.92. The van der Waals surface area contributed by atoms with Crippen LogP contribution >= 0.6 is 0 Å². The Hall–Kier alpha value is -7.38. The molecule has 2 aliphatic heterocycles. The molecule has 0 bridgehead atoms. The van der Waals surface area contributed by atoms with Crippen molar-refractivity contribution < 1.29 is 63.3 Å². The Morgan fingerprint density at radius 1 is 0.661 bits per heavy atom. The van der Waals surface area contributed by atoms with E-state index < -0.39 is 116 Å². The van der Waals surface area contributed by atoms with Gasteiger partial charge in [0, 0.05) is 53.5 Å². The molecule has 20 nitrogen and oxygen atoms in total. The fourth-order valence-electron chi connectivity index (χ4n) is 7.23. The number of nitrogens with one attached hydrogen (secondary N) is 5. The number of imide groups is 1. The molecule has 4 atom stereocenters. The van der Waals surface area contributed by atoms with Crippen LogP contribution in [0.4, 0.5) is 5.69 Å². The zero-order valence-electron chi connectivity index (χ0n) is 33.7. The highest BCUT2D eigenvalue weighted by molar-refractivity contribution is 6.27. The SMILES string of the molecule is C[C@H](NC(=O)[C@H](CCC(=O)O)NC(=O)CNC(=O)[C@H](CC(=O)O)NC(=O)[C@H](Cc1ccccc1)NC(=O)CN1C(=O)c2cccc3c(N4CCCCC4)ccc(c23)C1=O)C(=O)O. The van der Waals surface area contributed by atoms with Gasteiger partial charge in [0.05, 0.1) is 13.0 Å². The molecular formula is C42H47N7O13. The van der Waals surface area contributed by atoms with Crippen molar-refractivity contribution in [3.8, 4) is 0 Å². The molecule has 5 rings (SSSR count). The van der Waals surface area contributed by atoms with Crippen LogP contribution in [0.2, 0.25) is 0 Å². The molecule has 1 fully saturated rings. The summed E-state index contributed by atoms with van der Waals surface area (Å²) in [5, 5.41) is 40.2. The van der Waals surface area contributed by atoms with Crippen molar-refractivity contribution in [1.29, 1.82) is 0 Å². The number of hydrogen-bond donors (Lipinski definition) is 8. The highest BCUT2D eigenvalue weighted by atomic mass is 16.4. The van der Waals surface area contributed by atoms with E-state index in [1.165, 1.54) is 0 Å². The fraction of sp³-hybridized carbons (Fsp3) is 0.381. The number of carbonyl (C=O) groups is 10. The van der Waals surface area contributed by atoms with Crippen molar-refractivity contribution >= 4 is 75.7 Å². The maximum atomic E-state index is 13.8. The molecule has 1 saturated heterocycles. The van der Waals surface area contributed by atoms with Gasteiger partial charge < -0.3 is 46.8 Å². The molecule has 0 aliphatic carbocycles. The summed E-state index contributed by atoms with van der Waals surface area (Å²) in [5.74, 6) is -10.8. The first kappa shape index (κ1) is 45.7. The normalized spacial score (nSPS) is 15.4. The summed E-state index contributed by atoms with van der Waals surface area (Å²) in [4.78, 5) is 131. The van der Waals surface area contributed by atoms with Crippen molar-refractivity contribution in [2.75, 3.05) is 31.1 Å². The van der Waals surface area contributed by atoms with Gasteiger partial charge in [-0.3, -0.25) is 52.8 Å². The van der Waals surface area contributed by atoms with Gasteiger partial charge in [-0.1, -0.05) is 42.5 Å². The van der Waals surface area contributed by atoms with E-state index in [0.29, 0.717) is 10.9 Å². The molecule has 2 aliphatic rings. The van der Waals surface area contributed by atoms with Gasteiger partial charge in [-0.15, -0.1) is 0 Å². The third-order valence-corrected chi connectivity index (χ3v) is 10.4. The third kappa shape index (κ3) is 11.7. The molecule has 0 saturated carbocycles. The minimum Gasteiger partial charge on any atom is -0.481 e. The van der Waals surface area contributed by atoms with Crippen LogP contribution < -0.4 is 31.5 Å². The van der Waals surface area contributed by atoms with Gasteiger partial charge in [0.2, 0.25) is 29.5 Å². The van der Waals surface area contributed by atoms with E-state index in [1.54, 1.807) is 48.5 Å². The summed E-state index contributed by atoms with van der Waals surface area (Å²) in [6.07, 6.45) is 0.952. The van der Waals surface area contributed by atoms with Crippen LogP contribution in [-0.2, 0) is 44.8 Å². The predicted octanol–water partition coefficient (Wildman–Crippen LogP) is 0.168. The molecule has 3 aromatic rings. The van der Waals surface area contributed by atoms with Crippen molar-refractivity contribution in [3.63, 3.8) is 0 Å². The van der Waals surface area contributed by atoms with Crippen molar-refractivity contribution in [2.45, 2.75) is 76.0 Å². The van der Waals surface area contributed by atoms with E-state index in [-0.39, 0.29) is 17.5 Å². The lowest BCUT2D eigenvalue weighted by Gasteiger charge is -2.32. The van der Waals surface area contributed by atoms with E-state index in [4.69, 9.17) is 10.2 Å². The second-order valence-corrected chi connectivity index (χ2v) is 14.9. The van der Waals surface area contributed by atoms with Crippen LogP contribution in [0.25, 0.3) is 10.8 Å². The minimum absolute atomic E-state index is 0.175. The summed E-state index contributed by atoms with van der Waals surface area (Å²) in [6, 6.07) is 10.7. The fourth-order valence-corrected chi connectivity index (χ4v) is 7.23. The van der Waals surface area contributed by atoms with Gasteiger partial charge in [-0.25, -0.2) is 0 Å². The Kier molecular flexibility index (Phi) is 15.3. The van der Waals surface area contributed by atoms with E-state index in [9.17, 15) is 53.1 Å². The van der Waals surface area contributed by atoms with Gasteiger partial charge in [0.15, 0.2) is 0 Å². The Balaban J connectivity index is 1.28. The molecule has 0 aromatic heterocycles. The standard InChI is InChI=1S/C42H47N7O13/c1-23(42(61)62)44-38(57)28(14-16-34(52)53)45-32(50)21-43-37(56)30(20-35(54)55)47-39(58)29(19-24-9-4-2-5-10-24)46-33(51)22-49-40(59)26-12-8-11-25-31(48-17-6-3-7-18-48)15-13-27(36(25)26)41(49)60/h2,4-5,8-13,15,23,28-30H,3,6-7,14,16-22H2,1H3,(H,43,56)(H,44,57)(H,45,50)(H,46,51)(H,47,58)(H,52,53)(H,54,55)(H,61,62)/t23-,28-,29-,30-/m0/s1. The van der Waals surface area contributed by atoms with E-state index >= 15 is 0 Å². The number of carboxylic acid groups (broad SMARTS) is 3. The molecule has 0 spiro atoms. The van der Waals surface area contributed by atoms with Gasteiger partial charge in [-0.05, 0) is 56.4 Å². The summed E-state index contributed by atoms with van der Waals surface area (Å²) in [6.45, 7) is 1.15. The summed E-state index contributed by atoms with van der Waals surface area (Å²) < 4.78 is 0. The molecule has 2 heterocycles. The zero-order valence-corrected chi connectivity index (χ0v) is 33.7. The Labute approximate surface area is 354 Å². The minimum atomic E-state index is -1.82. The van der Waals surface area contributed by atoms with Gasteiger partial charge >= 0.3 is 17.9 Å². The van der Waals surface area contributed by atoms with Gasteiger partial charge in [0.25, 0.3) is 11.8 Å². The maximum absolute atomic E-state index is 13.8. The van der Waals surface area contributed by atoms with Gasteiger partial charge in [-0.2, -0.15) is 0 Å². The lowest BCUT2D eigenvalue weighted by Crippen LogP contribution is -2.57. The number of carbonyl (C=O) groups excluding carboxylic acids is 7. The predicted molar refractivity (Wildman–Crippen MR) is 219 cm³/mol. The number of nitrogens with zero attached hydrogens (tertiary/aromatic N) is 2. The van der Waals surface area contributed by atoms with E-state index in [0.717, 1.165) is 55.2 Å². The monoisotopic (exact) mass is 857 g/mol. The first-order valence-electron chi connectivity index (χ1n) is 19.9. The number of benzene rings is 3. The van der Waals surface area contributed by atoms with Crippen LogP contribution in [0.15, 0.2) is 60.7 Å². The summed E-state index contributed by atoms with van der Waals surface area (Å²) in [5.41, 5.74) is 1.90. The van der Waals surface area contributed by atoms with Crippen LogP contribution in [0.5, 0.6) is 0 Å². The van der Waals surface area contributed by atoms with Crippen molar-refractivity contribution in [3.05, 3.63) is 77.4 Å². The molecular weight excluding hydrogens is 810 g/mol. The third-order valence-electron chi connectivity index (χ3n) is 10.4. The van der Waals surface area contributed by atoms with Crippen molar-refractivity contribution in [2.24, 2.45) is 0 Å². The molecule has 0 unspecified atom stereocenters. The number of hydrogen-bond acceptors (Lipinski definition) is 11. The quantitative estimate of drug-likeness (QED) is 0.0703. The summed E-state index contributed by atoms with van der Waals surface area (Å²) in [7, 11) is 0. The van der Waals surface area contributed by atoms with Gasteiger partial charge in [0.1, 0.15) is 30.7 Å². The summed E-state index contributed by atoms with van der Waals surface area (Å²) >= 11 is 0. The topological polar surface area (TPSA) is 298 Å². The molecule has 7 amide bonds. The average molecular weight is 858 g/mol. The van der Waals surface area contributed by atoms with E-state index in [1.807, 2.05) is 12.1 Å². The average Bonchev–Trinajstić information content (AvgIpc) is 3.24. The highest BCUT2D eigenvalue weighted by Gasteiger charge is 2.36. The van der Waals surface area contributed by atoms with Crippen LogP contribution in [0, 0.1) is 0 Å². The molecule has 20 heteroatoms. The highest BCUT2D eigenvalue weighted by Crippen LogP contribution is 2.36. The molecule has 0 radical (unpaired) electrons. The van der Waals surface area contributed by atoms with Crippen LogP contribution in [-0.4, -0.2) is 130 Å². The Bertz CT molecular complexity index is 2240. The van der Waals surface area contributed by atoms with Crippen LogP contribution in [0.1, 0.15) is 71.7 Å². The maximum Gasteiger partial charge on any atom is 0.325 e. The first-order valence-corrected chi connectivity index (χ1v) is 19.9. The number of piperidine rings is 1.